The molecule has 0 saturated carbocycles. The second kappa shape index (κ2) is 3.20. The molecule has 1 atom stereocenters. The summed E-state index contributed by atoms with van der Waals surface area (Å²) in [4.78, 5) is 16.4. The Kier molecular flexibility index (Phi) is 2.03. The van der Waals surface area contributed by atoms with Gasteiger partial charge in [0.2, 0.25) is 0 Å². The van der Waals surface area contributed by atoms with Crippen molar-refractivity contribution in [2.75, 3.05) is 13.2 Å². The Morgan fingerprint density at radius 1 is 1.69 bits per heavy atom. The second-order valence-corrected chi connectivity index (χ2v) is 2.79. The van der Waals surface area contributed by atoms with Crippen molar-refractivity contribution in [2.24, 2.45) is 0 Å². The summed E-state index contributed by atoms with van der Waals surface area (Å²) in [6.45, 7) is 0.353. The lowest BCUT2D eigenvalue weighted by Crippen LogP contribution is -2.28. The molecular formula is C8H9NO4. The van der Waals surface area contributed by atoms with Crippen molar-refractivity contribution in [2.45, 2.75) is 6.10 Å². The Bertz CT molecular complexity index is 295. The summed E-state index contributed by atoms with van der Waals surface area (Å²) < 4.78 is 4.89. The van der Waals surface area contributed by atoms with E-state index in [9.17, 15) is 4.79 Å². The van der Waals surface area contributed by atoms with Crippen LogP contribution in [0.25, 0.3) is 0 Å². The monoisotopic (exact) mass is 183 g/mol. The number of amides is 1. The van der Waals surface area contributed by atoms with E-state index in [0.717, 1.165) is 5.06 Å². The van der Waals surface area contributed by atoms with Gasteiger partial charge in [0.25, 0.3) is 0 Å². The first-order valence-corrected chi connectivity index (χ1v) is 3.94. The van der Waals surface area contributed by atoms with Crippen molar-refractivity contribution in [3.8, 4) is 0 Å². The lowest BCUT2D eigenvalue weighted by atomic mass is 10.3. The molecule has 0 aliphatic carbocycles. The molecule has 1 amide bonds. The number of aliphatic hydroxyl groups excluding tert-OH is 1. The summed E-state index contributed by atoms with van der Waals surface area (Å²) in [7, 11) is 0. The van der Waals surface area contributed by atoms with Gasteiger partial charge in [-0.3, -0.25) is 9.63 Å². The van der Waals surface area contributed by atoms with Crippen molar-refractivity contribution in [1.29, 1.82) is 0 Å². The number of carbonyl (C=O) groups is 1. The molecule has 13 heavy (non-hydrogen) atoms. The number of rotatable bonds is 1. The fraction of sp³-hybridized carbons (Fsp3) is 0.375. The van der Waals surface area contributed by atoms with E-state index >= 15 is 0 Å². The standard InChI is InChI=1S/C8H9NO4/c10-6-4-9(13-5-6)8(11)7-2-1-3-12-7/h1-3,6,10H,4-5H2. The van der Waals surface area contributed by atoms with Crippen molar-refractivity contribution in [3.63, 3.8) is 0 Å². The van der Waals surface area contributed by atoms with Crippen LogP contribution in [0.5, 0.6) is 0 Å². The van der Waals surface area contributed by atoms with Gasteiger partial charge in [-0.1, -0.05) is 0 Å². The molecule has 5 heteroatoms. The largest absolute Gasteiger partial charge is 0.459 e. The Labute approximate surface area is 74.5 Å². The van der Waals surface area contributed by atoms with Gasteiger partial charge >= 0.3 is 5.91 Å². The SMILES string of the molecule is O=C(c1ccco1)N1CC(O)CO1. The topological polar surface area (TPSA) is 62.9 Å². The number of carbonyl (C=O) groups excluding carboxylic acids is 1. The molecule has 1 aromatic heterocycles. The van der Waals surface area contributed by atoms with Gasteiger partial charge in [0, 0.05) is 0 Å². The highest BCUT2D eigenvalue weighted by Crippen LogP contribution is 2.11. The molecule has 1 saturated heterocycles. The molecule has 1 aromatic rings. The van der Waals surface area contributed by atoms with Gasteiger partial charge in [0.05, 0.1) is 12.8 Å². The van der Waals surface area contributed by atoms with Crippen LogP contribution in [0.3, 0.4) is 0 Å². The van der Waals surface area contributed by atoms with E-state index in [0.29, 0.717) is 0 Å². The Balaban J connectivity index is 2.06. The first-order valence-electron chi connectivity index (χ1n) is 3.94. The third-order valence-corrected chi connectivity index (χ3v) is 1.76. The van der Waals surface area contributed by atoms with Crippen molar-refractivity contribution in [1.82, 2.24) is 5.06 Å². The molecule has 1 aliphatic heterocycles. The lowest BCUT2D eigenvalue weighted by Gasteiger charge is -2.10. The van der Waals surface area contributed by atoms with E-state index in [4.69, 9.17) is 14.4 Å². The Morgan fingerprint density at radius 3 is 3.08 bits per heavy atom. The van der Waals surface area contributed by atoms with Gasteiger partial charge in [-0.05, 0) is 12.1 Å². The molecule has 70 valence electrons. The van der Waals surface area contributed by atoms with Gasteiger partial charge < -0.3 is 9.52 Å². The summed E-state index contributed by atoms with van der Waals surface area (Å²) in [5, 5.41) is 10.2. The van der Waals surface area contributed by atoms with E-state index in [1.54, 1.807) is 12.1 Å². The van der Waals surface area contributed by atoms with Crippen LogP contribution in [0.2, 0.25) is 0 Å². The molecule has 2 rings (SSSR count). The van der Waals surface area contributed by atoms with E-state index < -0.39 is 6.10 Å². The molecule has 5 nitrogen and oxygen atoms in total. The van der Waals surface area contributed by atoms with E-state index in [2.05, 4.69) is 0 Å². The normalized spacial score (nSPS) is 22.2. The molecule has 0 aromatic carbocycles. The molecule has 1 aliphatic rings. The third-order valence-electron chi connectivity index (χ3n) is 1.76. The average molecular weight is 183 g/mol. The van der Waals surface area contributed by atoms with Crippen molar-refractivity contribution in [3.05, 3.63) is 24.2 Å². The number of β-amino-alcohol motifs (C(OH)–C–C–N with tert-alkyl or cyclic N) is 1. The first kappa shape index (κ1) is 8.28. The molecule has 1 N–H and O–H groups in total. The van der Waals surface area contributed by atoms with Crippen LogP contribution in [0, 0.1) is 0 Å². The maximum Gasteiger partial charge on any atom is 0.313 e. The predicted octanol–water partition coefficient (Wildman–Crippen LogP) is 0.0279. The molecule has 0 radical (unpaired) electrons. The van der Waals surface area contributed by atoms with Crippen LogP contribution in [-0.2, 0) is 4.84 Å². The fourth-order valence-electron chi connectivity index (χ4n) is 1.14. The van der Waals surface area contributed by atoms with Gasteiger partial charge in [-0.15, -0.1) is 0 Å². The number of hydroxylamine groups is 2. The summed E-state index contributed by atoms with van der Waals surface area (Å²) in [6.07, 6.45) is 0.818. The quantitative estimate of drug-likeness (QED) is 0.667. The van der Waals surface area contributed by atoms with E-state index in [-0.39, 0.29) is 24.8 Å². The number of hydrogen-bond donors (Lipinski definition) is 1. The van der Waals surface area contributed by atoms with Crippen LogP contribution in [0.1, 0.15) is 10.6 Å². The van der Waals surface area contributed by atoms with Crippen LogP contribution in [0.4, 0.5) is 0 Å². The highest BCUT2D eigenvalue weighted by molar-refractivity contribution is 5.90. The second-order valence-electron chi connectivity index (χ2n) is 2.79. The zero-order chi connectivity index (χ0) is 9.26. The van der Waals surface area contributed by atoms with Gasteiger partial charge in [0.1, 0.15) is 12.7 Å². The minimum absolute atomic E-state index is 0.159. The third kappa shape index (κ3) is 1.56. The summed E-state index contributed by atoms with van der Waals surface area (Å²) in [5.41, 5.74) is 0. The molecule has 0 spiro atoms. The number of furan rings is 1. The van der Waals surface area contributed by atoms with Crippen LogP contribution < -0.4 is 0 Å². The van der Waals surface area contributed by atoms with Crippen LogP contribution >= 0.6 is 0 Å². The molecular weight excluding hydrogens is 174 g/mol. The van der Waals surface area contributed by atoms with Gasteiger partial charge in [-0.2, -0.15) is 0 Å². The van der Waals surface area contributed by atoms with Gasteiger partial charge in [-0.25, -0.2) is 5.06 Å². The molecule has 2 heterocycles. The van der Waals surface area contributed by atoms with Crippen LogP contribution in [-0.4, -0.2) is 35.3 Å². The summed E-state index contributed by atoms with van der Waals surface area (Å²) in [6, 6.07) is 3.18. The molecule has 0 bridgehead atoms. The number of nitrogens with zero attached hydrogens (tertiary/aromatic N) is 1. The van der Waals surface area contributed by atoms with E-state index in [1.807, 2.05) is 0 Å². The first-order chi connectivity index (χ1) is 6.27. The highest BCUT2D eigenvalue weighted by Gasteiger charge is 2.28. The Hall–Kier alpha value is -1.33. The summed E-state index contributed by atoms with van der Waals surface area (Å²) in [5.74, 6) is -0.143. The number of hydrogen-bond acceptors (Lipinski definition) is 4. The van der Waals surface area contributed by atoms with Crippen molar-refractivity contribution >= 4 is 5.91 Å². The zero-order valence-corrected chi connectivity index (χ0v) is 6.84. The predicted molar refractivity (Wildman–Crippen MR) is 41.7 cm³/mol. The fourth-order valence-corrected chi connectivity index (χ4v) is 1.14. The van der Waals surface area contributed by atoms with Gasteiger partial charge in [0.15, 0.2) is 5.76 Å². The zero-order valence-electron chi connectivity index (χ0n) is 6.84. The Morgan fingerprint density at radius 2 is 2.54 bits per heavy atom. The smallest absolute Gasteiger partial charge is 0.313 e. The maximum atomic E-state index is 11.4. The minimum Gasteiger partial charge on any atom is -0.459 e. The molecule has 1 unspecified atom stereocenters. The van der Waals surface area contributed by atoms with E-state index in [1.165, 1.54) is 6.26 Å². The maximum absolute atomic E-state index is 11.4. The summed E-state index contributed by atoms with van der Waals surface area (Å²) >= 11 is 0. The highest BCUT2D eigenvalue weighted by atomic mass is 16.7. The average Bonchev–Trinajstić information content (AvgIpc) is 2.72. The number of aliphatic hydroxyl groups is 1. The lowest BCUT2D eigenvalue weighted by molar-refractivity contribution is -0.0795. The van der Waals surface area contributed by atoms with Crippen molar-refractivity contribution < 1.29 is 19.2 Å². The minimum atomic E-state index is -0.598. The van der Waals surface area contributed by atoms with Crippen LogP contribution in [0.15, 0.2) is 22.8 Å². The molecule has 1 fully saturated rings.